The molecular weight excluding hydrogens is 472 g/mol. The summed E-state index contributed by atoms with van der Waals surface area (Å²) in [5, 5.41) is 11.4. The van der Waals surface area contributed by atoms with Crippen LogP contribution in [0.1, 0.15) is 34.5 Å². The number of nitrogens with two attached hydrogens (primary N) is 1. The van der Waals surface area contributed by atoms with Crippen LogP contribution in [0.3, 0.4) is 0 Å². The number of ether oxygens (including phenoxy) is 2. The number of nitrogens with one attached hydrogen (secondary N) is 1. The fourth-order valence-corrected chi connectivity index (χ4v) is 4.05. The average Bonchev–Trinajstić information content (AvgIpc) is 3.24. The molecular formula is C27H24N6O4. The van der Waals surface area contributed by atoms with Gasteiger partial charge < -0.3 is 15.2 Å². The molecule has 1 aliphatic rings. The number of amides is 2. The topological polar surface area (TPSA) is 134 Å². The van der Waals surface area contributed by atoms with Crippen LogP contribution in [-0.2, 0) is 16.1 Å². The van der Waals surface area contributed by atoms with Crippen LogP contribution in [0.15, 0.2) is 83.9 Å². The minimum Gasteiger partial charge on any atom is -0.484 e. The number of aliphatic imine (C=N–C) groups is 1. The molecule has 0 radical (unpaired) electrons. The zero-order chi connectivity index (χ0) is 25.8. The number of carbonyl (C=O) groups is 2. The van der Waals surface area contributed by atoms with E-state index in [1.54, 1.807) is 23.6 Å². The van der Waals surface area contributed by atoms with Gasteiger partial charge in [-0.2, -0.15) is 0 Å². The highest BCUT2D eigenvalue weighted by Gasteiger charge is 2.30. The van der Waals surface area contributed by atoms with Crippen molar-refractivity contribution in [1.29, 1.82) is 0 Å². The number of aromatic nitrogens is 3. The Labute approximate surface area is 212 Å². The summed E-state index contributed by atoms with van der Waals surface area (Å²) < 4.78 is 12.8. The number of hydrogen-bond donors (Lipinski definition) is 2. The molecule has 2 amide bonds. The average molecular weight is 497 g/mol. The summed E-state index contributed by atoms with van der Waals surface area (Å²) in [7, 11) is 0. The number of alkyl carbamates (subject to hydrolysis) is 1. The van der Waals surface area contributed by atoms with Gasteiger partial charge in [0.2, 0.25) is 0 Å². The lowest BCUT2D eigenvalue weighted by Crippen LogP contribution is -2.30. The van der Waals surface area contributed by atoms with Crippen LogP contribution in [0.5, 0.6) is 5.75 Å². The van der Waals surface area contributed by atoms with E-state index >= 15 is 0 Å². The number of nitrogens with zero attached hydrogens (tertiary/aromatic N) is 4. The number of rotatable bonds is 7. The second kappa shape index (κ2) is 10.3. The first-order valence-electron chi connectivity index (χ1n) is 11.6. The highest BCUT2D eigenvalue weighted by atomic mass is 16.5. The Morgan fingerprint density at radius 2 is 1.73 bits per heavy atom. The van der Waals surface area contributed by atoms with Crippen molar-refractivity contribution in [2.24, 2.45) is 10.7 Å². The van der Waals surface area contributed by atoms with Gasteiger partial charge in [0, 0.05) is 17.2 Å². The summed E-state index contributed by atoms with van der Waals surface area (Å²) in [5.41, 5.74) is 9.04. The van der Waals surface area contributed by atoms with E-state index < -0.39 is 18.2 Å². The van der Waals surface area contributed by atoms with E-state index in [1.165, 1.54) is 0 Å². The van der Waals surface area contributed by atoms with E-state index in [4.69, 9.17) is 20.2 Å². The first kappa shape index (κ1) is 23.7. The molecule has 2 heterocycles. The molecule has 1 aromatic heterocycles. The van der Waals surface area contributed by atoms with Crippen molar-refractivity contribution in [3.63, 3.8) is 0 Å². The van der Waals surface area contributed by atoms with E-state index in [2.05, 4.69) is 15.5 Å². The molecule has 3 aromatic carbocycles. The summed E-state index contributed by atoms with van der Waals surface area (Å²) in [4.78, 5) is 29.0. The summed E-state index contributed by atoms with van der Waals surface area (Å²) in [6.07, 6.45) is -1.53. The molecule has 37 heavy (non-hydrogen) atoms. The van der Waals surface area contributed by atoms with Gasteiger partial charge in [-0.1, -0.05) is 60.7 Å². The van der Waals surface area contributed by atoms with Crippen LogP contribution in [0, 0.1) is 6.92 Å². The highest BCUT2D eigenvalue weighted by Crippen LogP contribution is 2.32. The van der Waals surface area contributed by atoms with Gasteiger partial charge in [0.25, 0.3) is 5.91 Å². The molecule has 10 nitrogen and oxygen atoms in total. The van der Waals surface area contributed by atoms with Crippen LogP contribution >= 0.6 is 0 Å². The smallest absolute Gasteiger partial charge is 0.409 e. The number of carbonyl (C=O) groups excluding carboxylic acids is 2. The molecule has 1 unspecified atom stereocenters. The minimum absolute atomic E-state index is 0.112. The second-order valence-electron chi connectivity index (χ2n) is 8.33. The van der Waals surface area contributed by atoms with Crippen LogP contribution in [0.25, 0.3) is 5.69 Å². The maximum atomic E-state index is 12.8. The van der Waals surface area contributed by atoms with E-state index in [0.29, 0.717) is 28.8 Å². The SMILES string of the molecule is Cc1nnc2n1-c1cc(OCC(N)=O)ccc1C(c1ccccc1)=NC2NC(=O)OCc1ccccc1. The van der Waals surface area contributed by atoms with E-state index in [9.17, 15) is 9.59 Å². The fraction of sp³-hybridized carbons (Fsp3) is 0.148. The lowest BCUT2D eigenvalue weighted by atomic mass is 10.00. The van der Waals surface area contributed by atoms with Crippen LogP contribution < -0.4 is 15.8 Å². The monoisotopic (exact) mass is 496 g/mol. The molecule has 0 fully saturated rings. The van der Waals surface area contributed by atoms with Crippen molar-refractivity contribution in [2.45, 2.75) is 19.7 Å². The molecule has 0 saturated carbocycles. The lowest BCUT2D eigenvalue weighted by molar-refractivity contribution is -0.119. The molecule has 0 aliphatic carbocycles. The summed E-state index contributed by atoms with van der Waals surface area (Å²) in [5.74, 6) is 0.837. The van der Waals surface area contributed by atoms with Gasteiger partial charge in [-0.25, -0.2) is 4.79 Å². The third-order valence-electron chi connectivity index (χ3n) is 5.71. The van der Waals surface area contributed by atoms with Gasteiger partial charge in [-0.05, 0) is 24.6 Å². The lowest BCUT2D eigenvalue weighted by Gasteiger charge is -2.15. The van der Waals surface area contributed by atoms with Crippen LogP contribution in [0.4, 0.5) is 4.79 Å². The third-order valence-corrected chi connectivity index (χ3v) is 5.71. The zero-order valence-electron chi connectivity index (χ0n) is 20.0. The van der Waals surface area contributed by atoms with E-state index in [0.717, 1.165) is 16.7 Å². The maximum absolute atomic E-state index is 12.8. The predicted molar refractivity (Wildman–Crippen MR) is 135 cm³/mol. The van der Waals surface area contributed by atoms with Crippen molar-refractivity contribution >= 4 is 17.7 Å². The summed E-state index contributed by atoms with van der Waals surface area (Å²) >= 11 is 0. The molecule has 3 N–H and O–H groups in total. The molecule has 0 saturated heterocycles. The van der Waals surface area contributed by atoms with Crippen LogP contribution in [-0.4, -0.2) is 39.1 Å². The van der Waals surface area contributed by atoms with Gasteiger partial charge in [0.1, 0.15) is 18.2 Å². The molecule has 5 rings (SSSR count). The Hall–Kier alpha value is -4.99. The Balaban J connectivity index is 1.55. The predicted octanol–water partition coefficient (Wildman–Crippen LogP) is 3.22. The Kier molecular flexibility index (Phi) is 6.62. The van der Waals surface area contributed by atoms with Crippen molar-refractivity contribution in [1.82, 2.24) is 20.1 Å². The quantitative estimate of drug-likeness (QED) is 0.404. The van der Waals surface area contributed by atoms with Crippen LogP contribution in [0.2, 0.25) is 0 Å². The van der Waals surface area contributed by atoms with Crippen molar-refractivity contribution in [2.75, 3.05) is 6.61 Å². The zero-order valence-corrected chi connectivity index (χ0v) is 20.0. The Morgan fingerprint density at radius 3 is 2.46 bits per heavy atom. The summed E-state index contributed by atoms with van der Waals surface area (Å²) in [6.45, 7) is 1.65. The number of fused-ring (bicyclic) bond motifs is 3. The number of aryl methyl sites for hydroxylation is 1. The van der Waals surface area contributed by atoms with Gasteiger partial charge >= 0.3 is 6.09 Å². The van der Waals surface area contributed by atoms with E-state index in [-0.39, 0.29) is 13.2 Å². The largest absolute Gasteiger partial charge is 0.484 e. The molecule has 1 aliphatic heterocycles. The van der Waals surface area contributed by atoms with Crippen molar-refractivity contribution in [3.8, 4) is 11.4 Å². The Morgan fingerprint density at radius 1 is 1.00 bits per heavy atom. The Bertz CT molecular complexity index is 1470. The fourth-order valence-electron chi connectivity index (χ4n) is 4.05. The second-order valence-corrected chi connectivity index (χ2v) is 8.33. The first-order valence-corrected chi connectivity index (χ1v) is 11.6. The van der Waals surface area contributed by atoms with Gasteiger partial charge in [0.15, 0.2) is 18.6 Å². The molecule has 186 valence electrons. The molecule has 0 bridgehead atoms. The van der Waals surface area contributed by atoms with Gasteiger partial charge in [0.05, 0.1) is 11.4 Å². The maximum Gasteiger partial charge on any atom is 0.409 e. The van der Waals surface area contributed by atoms with Crippen molar-refractivity contribution < 1.29 is 19.1 Å². The number of primary amides is 1. The van der Waals surface area contributed by atoms with E-state index in [1.807, 2.05) is 66.7 Å². The highest BCUT2D eigenvalue weighted by molar-refractivity contribution is 6.15. The standard InChI is InChI=1S/C27H24N6O4/c1-17-31-32-26-25(30-27(35)37-15-18-8-4-2-5-9-18)29-24(19-10-6-3-7-11-19)21-13-12-20(36-16-23(28)34)14-22(21)33(17)26/h2-14,25H,15-16H2,1H3,(H2,28,34)(H,30,35). The summed E-state index contributed by atoms with van der Waals surface area (Å²) in [6, 6.07) is 24.4. The normalized spacial score (nSPS) is 14.0. The van der Waals surface area contributed by atoms with Crippen molar-refractivity contribution in [3.05, 3.63) is 107 Å². The number of benzene rings is 3. The third kappa shape index (κ3) is 5.18. The molecule has 4 aromatic rings. The van der Waals surface area contributed by atoms with Gasteiger partial charge in [-0.3, -0.25) is 19.7 Å². The first-order chi connectivity index (χ1) is 18.0. The number of hydrogen-bond acceptors (Lipinski definition) is 7. The molecule has 10 heteroatoms. The minimum atomic E-state index is -0.887. The molecule has 1 atom stereocenters. The van der Waals surface area contributed by atoms with Gasteiger partial charge in [-0.15, -0.1) is 10.2 Å². The molecule has 0 spiro atoms.